The smallest absolute Gasteiger partial charge is 0.141 e. The summed E-state index contributed by atoms with van der Waals surface area (Å²) >= 11 is 16.2. The van der Waals surface area contributed by atoms with E-state index in [4.69, 9.17) is 21.1 Å². The van der Waals surface area contributed by atoms with Crippen molar-refractivity contribution in [3.05, 3.63) is 32.2 Å². The summed E-state index contributed by atoms with van der Waals surface area (Å²) in [6, 6.07) is 3.77. The molecule has 0 spiro atoms. The minimum absolute atomic E-state index is 0.467. The second-order valence-corrected chi connectivity index (χ2v) is 7.92. The molecule has 112 valence electrons. The SMILES string of the molecule is CCc1cc(OCC=C(Br)Br)cc(Cl)c1OCCCBr. The summed E-state index contributed by atoms with van der Waals surface area (Å²) in [7, 11) is 0. The average Bonchev–Trinajstić information content (AvgIpc) is 2.40. The van der Waals surface area contributed by atoms with E-state index in [0.29, 0.717) is 18.2 Å². The summed E-state index contributed by atoms with van der Waals surface area (Å²) in [5.41, 5.74) is 1.06. The summed E-state index contributed by atoms with van der Waals surface area (Å²) in [5.74, 6) is 1.51. The van der Waals surface area contributed by atoms with E-state index in [1.54, 1.807) is 6.07 Å². The first kappa shape index (κ1) is 18.3. The summed E-state index contributed by atoms with van der Waals surface area (Å²) < 4.78 is 12.3. The molecule has 20 heavy (non-hydrogen) atoms. The van der Waals surface area contributed by atoms with Crippen LogP contribution in [0.5, 0.6) is 11.5 Å². The second-order valence-electron chi connectivity index (χ2n) is 3.94. The summed E-state index contributed by atoms with van der Waals surface area (Å²) in [5, 5.41) is 1.51. The molecule has 1 aromatic rings. The molecule has 0 amide bonds. The van der Waals surface area contributed by atoms with Crippen LogP contribution in [0.1, 0.15) is 18.9 Å². The topological polar surface area (TPSA) is 18.5 Å². The van der Waals surface area contributed by atoms with E-state index in [1.165, 1.54) is 0 Å². The molecule has 0 atom stereocenters. The van der Waals surface area contributed by atoms with Gasteiger partial charge in [0, 0.05) is 11.4 Å². The zero-order valence-electron chi connectivity index (χ0n) is 11.1. The highest BCUT2D eigenvalue weighted by atomic mass is 79.9. The molecule has 0 N–H and O–H groups in total. The molecule has 0 aliphatic rings. The van der Waals surface area contributed by atoms with Gasteiger partial charge in [-0.25, -0.2) is 0 Å². The zero-order valence-corrected chi connectivity index (χ0v) is 16.6. The van der Waals surface area contributed by atoms with Gasteiger partial charge in [-0.05, 0) is 62.4 Å². The van der Waals surface area contributed by atoms with Gasteiger partial charge in [-0.15, -0.1) is 0 Å². The Morgan fingerprint density at radius 2 is 2.05 bits per heavy atom. The van der Waals surface area contributed by atoms with Gasteiger partial charge in [0.1, 0.15) is 18.1 Å². The van der Waals surface area contributed by atoms with Crippen molar-refractivity contribution in [2.24, 2.45) is 0 Å². The van der Waals surface area contributed by atoms with E-state index < -0.39 is 0 Å². The molecule has 0 fully saturated rings. The van der Waals surface area contributed by atoms with Crippen LogP contribution >= 0.6 is 59.4 Å². The first-order valence-corrected chi connectivity index (χ1v) is 9.32. The highest BCUT2D eigenvalue weighted by Gasteiger charge is 2.10. The molecular formula is C14H16Br3ClO2. The van der Waals surface area contributed by atoms with Crippen LogP contribution in [-0.2, 0) is 6.42 Å². The van der Waals surface area contributed by atoms with Crippen LogP contribution in [0.4, 0.5) is 0 Å². The number of ether oxygens (including phenoxy) is 2. The molecule has 0 bridgehead atoms. The Morgan fingerprint density at radius 3 is 2.65 bits per heavy atom. The van der Waals surface area contributed by atoms with Crippen molar-refractivity contribution in [2.75, 3.05) is 18.5 Å². The van der Waals surface area contributed by atoms with Crippen LogP contribution in [0.25, 0.3) is 0 Å². The number of aryl methyl sites for hydroxylation is 1. The van der Waals surface area contributed by atoms with Crippen LogP contribution in [0.3, 0.4) is 0 Å². The normalized spacial score (nSPS) is 10.2. The van der Waals surface area contributed by atoms with Crippen LogP contribution in [0.2, 0.25) is 5.02 Å². The van der Waals surface area contributed by atoms with Crippen molar-refractivity contribution in [3.63, 3.8) is 0 Å². The maximum absolute atomic E-state index is 6.28. The third-order valence-corrected chi connectivity index (χ3v) is 3.98. The first-order chi connectivity index (χ1) is 9.58. The summed E-state index contributed by atoms with van der Waals surface area (Å²) in [6.07, 6.45) is 3.67. The van der Waals surface area contributed by atoms with E-state index >= 15 is 0 Å². The molecule has 0 radical (unpaired) electrons. The second kappa shape index (κ2) is 10.1. The van der Waals surface area contributed by atoms with E-state index in [2.05, 4.69) is 54.7 Å². The summed E-state index contributed by atoms with van der Waals surface area (Å²) in [4.78, 5) is 0. The van der Waals surface area contributed by atoms with Gasteiger partial charge in [0.05, 0.1) is 15.0 Å². The molecule has 0 saturated heterocycles. The lowest BCUT2D eigenvalue weighted by Crippen LogP contribution is -2.02. The van der Waals surface area contributed by atoms with Gasteiger partial charge in [-0.3, -0.25) is 0 Å². The largest absolute Gasteiger partial charge is 0.492 e. The molecular weight excluding hydrogens is 475 g/mol. The quantitative estimate of drug-likeness (QED) is 0.324. The molecule has 0 saturated carbocycles. The van der Waals surface area contributed by atoms with Crippen molar-refractivity contribution >= 4 is 59.4 Å². The number of hydrogen-bond acceptors (Lipinski definition) is 2. The van der Waals surface area contributed by atoms with Crippen molar-refractivity contribution in [2.45, 2.75) is 19.8 Å². The lowest BCUT2D eigenvalue weighted by molar-refractivity contribution is 0.314. The number of alkyl halides is 1. The van der Waals surface area contributed by atoms with Crippen LogP contribution in [0, 0.1) is 0 Å². The summed E-state index contributed by atoms with van der Waals surface area (Å²) in [6.45, 7) is 3.19. The van der Waals surface area contributed by atoms with E-state index in [0.717, 1.165) is 38.6 Å². The van der Waals surface area contributed by atoms with E-state index in [1.807, 2.05) is 12.1 Å². The molecule has 1 aromatic carbocycles. The van der Waals surface area contributed by atoms with Crippen LogP contribution in [-0.4, -0.2) is 18.5 Å². The average molecular weight is 491 g/mol. The predicted octanol–water partition coefficient (Wildman–Crippen LogP) is 6.08. The fraction of sp³-hybridized carbons (Fsp3) is 0.429. The number of hydrogen-bond donors (Lipinski definition) is 0. The van der Waals surface area contributed by atoms with E-state index in [9.17, 15) is 0 Å². The Morgan fingerprint density at radius 1 is 1.30 bits per heavy atom. The molecule has 0 aliphatic carbocycles. The Hall–Kier alpha value is 0.290. The predicted molar refractivity (Wildman–Crippen MR) is 96.2 cm³/mol. The third-order valence-electron chi connectivity index (χ3n) is 2.49. The highest BCUT2D eigenvalue weighted by Crippen LogP contribution is 2.34. The van der Waals surface area contributed by atoms with Gasteiger partial charge in [-0.1, -0.05) is 34.5 Å². The number of halogens is 4. The van der Waals surface area contributed by atoms with Gasteiger partial charge >= 0.3 is 0 Å². The Kier molecular flexibility index (Phi) is 9.25. The first-order valence-electron chi connectivity index (χ1n) is 6.23. The molecule has 0 aliphatic heterocycles. The molecule has 6 heteroatoms. The van der Waals surface area contributed by atoms with Crippen molar-refractivity contribution in [3.8, 4) is 11.5 Å². The molecule has 2 nitrogen and oxygen atoms in total. The van der Waals surface area contributed by atoms with Gasteiger partial charge in [0.2, 0.25) is 0 Å². The van der Waals surface area contributed by atoms with Crippen molar-refractivity contribution in [1.82, 2.24) is 0 Å². The standard InChI is InChI=1S/C14H16Br3ClO2/c1-2-10-8-11(19-7-4-13(16)17)9-12(18)14(10)20-6-3-5-15/h4,8-9H,2-3,5-7H2,1H3. The Balaban J connectivity index is 2.81. The maximum Gasteiger partial charge on any atom is 0.141 e. The van der Waals surface area contributed by atoms with Gasteiger partial charge in [-0.2, -0.15) is 0 Å². The minimum atomic E-state index is 0.467. The molecule has 1 rings (SSSR count). The monoisotopic (exact) mass is 488 g/mol. The fourth-order valence-electron chi connectivity index (χ4n) is 1.56. The Labute approximate surface area is 150 Å². The maximum atomic E-state index is 6.28. The van der Waals surface area contributed by atoms with Gasteiger partial charge in [0.15, 0.2) is 0 Å². The molecule has 0 aromatic heterocycles. The van der Waals surface area contributed by atoms with Crippen LogP contribution in [0.15, 0.2) is 21.6 Å². The zero-order chi connectivity index (χ0) is 15.0. The van der Waals surface area contributed by atoms with Crippen molar-refractivity contribution in [1.29, 1.82) is 0 Å². The van der Waals surface area contributed by atoms with Crippen LogP contribution < -0.4 is 9.47 Å². The molecule has 0 unspecified atom stereocenters. The number of rotatable bonds is 8. The number of benzene rings is 1. The highest BCUT2D eigenvalue weighted by molar-refractivity contribution is 9.28. The molecule has 0 heterocycles. The van der Waals surface area contributed by atoms with Gasteiger partial charge < -0.3 is 9.47 Å². The third kappa shape index (κ3) is 6.37. The fourth-order valence-corrected chi connectivity index (χ4v) is 2.34. The van der Waals surface area contributed by atoms with Crippen molar-refractivity contribution < 1.29 is 9.47 Å². The lowest BCUT2D eigenvalue weighted by Gasteiger charge is -2.14. The van der Waals surface area contributed by atoms with E-state index in [-0.39, 0.29) is 0 Å². The van der Waals surface area contributed by atoms with Gasteiger partial charge in [0.25, 0.3) is 0 Å². The lowest BCUT2D eigenvalue weighted by atomic mass is 10.1. The Bertz CT molecular complexity index is 460. The minimum Gasteiger partial charge on any atom is -0.492 e.